The van der Waals surface area contributed by atoms with E-state index in [0.29, 0.717) is 37.4 Å². The van der Waals surface area contributed by atoms with Crippen molar-refractivity contribution in [1.82, 2.24) is 10.2 Å². The molecule has 0 aliphatic heterocycles. The van der Waals surface area contributed by atoms with Crippen LogP contribution in [-0.4, -0.2) is 56.6 Å². The van der Waals surface area contributed by atoms with E-state index in [1.165, 1.54) is 4.31 Å². The smallest absolute Gasteiger partial charge is 0.243 e. The fourth-order valence-electron chi connectivity index (χ4n) is 5.14. The summed E-state index contributed by atoms with van der Waals surface area (Å²) >= 11 is 0. The van der Waals surface area contributed by atoms with Crippen LogP contribution in [0.2, 0.25) is 0 Å². The van der Waals surface area contributed by atoms with Gasteiger partial charge in [0.15, 0.2) is 0 Å². The van der Waals surface area contributed by atoms with Crippen molar-refractivity contribution >= 4 is 27.5 Å². The molecule has 0 saturated heterocycles. The lowest BCUT2D eigenvalue weighted by Crippen LogP contribution is -2.51. The van der Waals surface area contributed by atoms with Crippen molar-refractivity contribution in [2.24, 2.45) is 0 Å². The van der Waals surface area contributed by atoms with Gasteiger partial charge in [0.1, 0.15) is 11.8 Å². The molecule has 9 heteroatoms. The molecule has 2 amide bonds. The van der Waals surface area contributed by atoms with Crippen LogP contribution < -0.4 is 14.4 Å². The van der Waals surface area contributed by atoms with E-state index in [0.717, 1.165) is 43.1 Å². The van der Waals surface area contributed by atoms with Crippen LogP contribution in [0, 0.1) is 6.92 Å². The van der Waals surface area contributed by atoms with E-state index in [9.17, 15) is 18.0 Å². The Morgan fingerprint density at radius 1 is 1.05 bits per heavy atom. The lowest BCUT2D eigenvalue weighted by molar-refractivity contribution is -0.141. The summed E-state index contributed by atoms with van der Waals surface area (Å²) in [6.07, 6.45) is 6.28. The number of rotatable bonds is 14. The van der Waals surface area contributed by atoms with Crippen LogP contribution in [0.3, 0.4) is 0 Å². The number of hydrogen-bond donors (Lipinski definition) is 1. The molecule has 1 aliphatic rings. The van der Waals surface area contributed by atoms with Crippen LogP contribution in [0.25, 0.3) is 0 Å². The summed E-state index contributed by atoms with van der Waals surface area (Å²) in [5.41, 5.74) is 2.57. The Balaban J connectivity index is 1.75. The summed E-state index contributed by atoms with van der Waals surface area (Å²) in [7, 11) is -3.56. The largest absolute Gasteiger partial charge is 0.494 e. The molecule has 0 radical (unpaired) electrons. The molecule has 1 N–H and O–H groups in total. The minimum absolute atomic E-state index is 0.113. The highest BCUT2D eigenvalue weighted by atomic mass is 32.2. The molecule has 0 spiro atoms. The van der Waals surface area contributed by atoms with Crippen molar-refractivity contribution in [3.63, 3.8) is 0 Å². The molecule has 8 nitrogen and oxygen atoms in total. The quantitative estimate of drug-likeness (QED) is 0.360. The van der Waals surface area contributed by atoms with Crippen molar-refractivity contribution in [3.8, 4) is 5.75 Å². The maximum Gasteiger partial charge on any atom is 0.243 e. The molecule has 0 aromatic heterocycles. The van der Waals surface area contributed by atoms with Gasteiger partial charge in [-0.15, -0.1) is 0 Å². The molecular weight excluding hydrogens is 514 g/mol. The number of carbonyl (C=O) groups excluding carboxylic acids is 2. The summed E-state index contributed by atoms with van der Waals surface area (Å²) in [4.78, 5) is 28.6. The number of ether oxygens (including phenoxy) is 1. The molecule has 0 bridgehead atoms. The van der Waals surface area contributed by atoms with Crippen molar-refractivity contribution < 1.29 is 22.7 Å². The van der Waals surface area contributed by atoms with Gasteiger partial charge < -0.3 is 15.0 Å². The van der Waals surface area contributed by atoms with Gasteiger partial charge >= 0.3 is 0 Å². The van der Waals surface area contributed by atoms with E-state index in [1.807, 2.05) is 45.0 Å². The lowest BCUT2D eigenvalue weighted by Gasteiger charge is -2.32. The van der Waals surface area contributed by atoms with Gasteiger partial charge in [-0.05, 0) is 74.9 Å². The summed E-state index contributed by atoms with van der Waals surface area (Å²) in [6, 6.07) is 14.3. The highest BCUT2D eigenvalue weighted by Crippen LogP contribution is 2.24. The summed E-state index contributed by atoms with van der Waals surface area (Å²) in [5.74, 6) is 0.392. The Hall–Kier alpha value is -3.07. The molecule has 2 aromatic rings. The van der Waals surface area contributed by atoms with Gasteiger partial charge in [-0.2, -0.15) is 0 Å². The van der Waals surface area contributed by atoms with Crippen molar-refractivity contribution in [2.45, 2.75) is 84.3 Å². The highest BCUT2D eigenvalue weighted by Gasteiger charge is 2.31. The zero-order valence-electron chi connectivity index (χ0n) is 23.7. The Bertz CT molecular complexity index is 1190. The van der Waals surface area contributed by atoms with E-state index in [4.69, 9.17) is 4.74 Å². The van der Waals surface area contributed by atoms with Gasteiger partial charge in [0.25, 0.3) is 0 Å². The average Bonchev–Trinajstić information content (AvgIpc) is 3.40. The van der Waals surface area contributed by atoms with Crippen LogP contribution in [0.4, 0.5) is 5.69 Å². The zero-order valence-corrected chi connectivity index (χ0v) is 24.5. The Morgan fingerprint density at radius 3 is 2.31 bits per heavy atom. The van der Waals surface area contributed by atoms with Gasteiger partial charge in [-0.25, -0.2) is 8.42 Å². The van der Waals surface area contributed by atoms with Gasteiger partial charge in [0.05, 0.1) is 18.6 Å². The van der Waals surface area contributed by atoms with E-state index in [2.05, 4.69) is 5.32 Å². The third kappa shape index (κ3) is 8.71. The molecule has 0 heterocycles. The molecular formula is C30H43N3O5S. The SMILES string of the molecule is CCOc1ccc(N(CCCC(=O)N(Cc2ccccc2C)[C@@H](CC)C(=O)NC2CCCC2)S(C)(=O)=O)cc1. The van der Waals surface area contributed by atoms with Crippen molar-refractivity contribution in [2.75, 3.05) is 23.7 Å². The Morgan fingerprint density at radius 2 is 1.72 bits per heavy atom. The maximum absolute atomic E-state index is 13.6. The molecule has 1 aliphatic carbocycles. The fourth-order valence-corrected chi connectivity index (χ4v) is 6.10. The van der Waals surface area contributed by atoms with Gasteiger partial charge in [-0.1, -0.05) is 44.0 Å². The van der Waals surface area contributed by atoms with E-state index in [-0.39, 0.29) is 30.8 Å². The average molecular weight is 558 g/mol. The minimum atomic E-state index is -3.56. The monoisotopic (exact) mass is 557 g/mol. The normalized spacial score (nSPS) is 14.6. The van der Waals surface area contributed by atoms with Crippen LogP contribution in [0.5, 0.6) is 5.75 Å². The molecule has 2 aromatic carbocycles. The van der Waals surface area contributed by atoms with E-state index in [1.54, 1.807) is 29.2 Å². The topological polar surface area (TPSA) is 96.0 Å². The number of amides is 2. The molecule has 214 valence electrons. The van der Waals surface area contributed by atoms with Gasteiger partial charge in [0, 0.05) is 25.6 Å². The predicted octanol–water partition coefficient (Wildman–Crippen LogP) is 4.81. The molecule has 1 fully saturated rings. The Labute approximate surface area is 233 Å². The fraction of sp³-hybridized carbons (Fsp3) is 0.533. The van der Waals surface area contributed by atoms with Crippen LogP contribution in [0.15, 0.2) is 48.5 Å². The predicted molar refractivity (Wildman–Crippen MR) is 155 cm³/mol. The third-order valence-corrected chi connectivity index (χ3v) is 8.47. The zero-order chi connectivity index (χ0) is 28.4. The van der Waals surface area contributed by atoms with E-state index < -0.39 is 16.1 Å². The first-order valence-corrected chi connectivity index (χ1v) is 15.8. The summed E-state index contributed by atoms with van der Waals surface area (Å²) in [5, 5.41) is 3.16. The molecule has 0 unspecified atom stereocenters. The molecule has 39 heavy (non-hydrogen) atoms. The van der Waals surface area contributed by atoms with E-state index >= 15 is 0 Å². The van der Waals surface area contributed by atoms with Crippen LogP contribution in [0.1, 0.15) is 69.9 Å². The molecule has 1 atom stereocenters. The highest BCUT2D eigenvalue weighted by molar-refractivity contribution is 7.92. The van der Waals surface area contributed by atoms with Crippen LogP contribution >= 0.6 is 0 Å². The lowest BCUT2D eigenvalue weighted by atomic mass is 10.0. The molecule has 1 saturated carbocycles. The number of sulfonamides is 1. The van der Waals surface area contributed by atoms with Gasteiger partial charge in [-0.3, -0.25) is 13.9 Å². The first-order valence-electron chi connectivity index (χ1n) is 14.0. The second-order valence-corrected chi connectivity index (χ2v) is 12.1. The number of benzene rings is 2. The Kier molecular flexibility index (Phi) is 11.2. The number of carbonyl (C=O) groups is 2. The second-order valence-electron chi connectivity index (χ2n) is 10.2. The number of aryl methyl sites for hydroxylation is 1. The first-order chi connectivity index (χ1) is 18.6. The third-order valence-electron chi connectivity index (χ3n) is 7.28. The maximum atomic E-state index is 13.6. The number of anilines is 1. The van der Waals surface area contributed by atoms with Crippen molar-refractivity contribution in [1.29, 1.82) is 0 Å². The number of nitrogens with one attached hydrogen (secondary N) is 1. The first kappa shape index (κ1) is 30.5. The summed E-state index contributed by atoms with van der Waals surface area (Å²) < 4.78 is 31.9. The van der Waals surface area contributed by atoms with Crippen molar-refractivity contribution in [3.05, 3.63) is 59.7 Å². The second kappa shape index (κ2) is 14.4. The standard InChI is InChI=1S/C30H43N3O5S/c1-5-28(30(35)31-25-14-9-10-15-25)32(22-24-13-8-7-12-23(24)3)29(34)16-11-21-33(39(4,36)37)26-17-19-27(20-18-26)38-6-2/h7-8,12-13,17-20,25,28H,5-6,9-11,14-16,21-22H2,1-4H3,(H,31,35)/t28-/m0/s1. The van der Waals surface area contributed by atoms with Crippen LogP contribution in [-0.2, 0) is 26.2 Å². The molecule has 3 rings (SSSR count). The number of hydrogen-bond acceptors (Lipinski definition) is 5. The number of nitrogens with zero attached hydrogens (tertiary/aromatic N) is 2. The van der Waals surface area contributed by atoms with Gasteiger partial charge in [0.2, 0.25) is 21.8 Å². The minimum Gasteiger partial charge on any atom is -0.494 e. The summed E-state index contributed by atoms with van der Waals surface area (Å²) in [6.45, 7) is 6.82.